The Hall–Kier alpha value is -1.11. The fraction of sp³-hybridized carbons (Fsp3) is 0.400. The van der Waals surface area contributed by atoms with Crippen LogP contribution in [-0.4, -0.2) is 26.4 Å². The molecule has 4 nitrogen and oxygen atoms in total. The molecule has 1 fully saturated rings. The number of halogens is 2. The smallest absolute Gasteiger partial charge is 0.216 e. The van der Waals surface area contributed by atoms with Gasteiger partial charge in [-0.2, -0.15) is 0 Å². The molecule has 1 N–H and O–H groups in total. The third kappa shape index (κ3) is 6.47. The molecule has 2 aromatic rings. The lowest BCUT2D eigenvalue weighted by molar-refractivity contribution is 0.221. The van der Waals surface area contributed by atoms with Crippen molar-refractivity contribution in [1.82, 2.24) is 9.62 Å². The molecule has 3 rings (SSSR count). The van der Waals surface area contributed by atoms with Crippen LogP contribution in [0, 0.1) is 0 Å². The maximum absolute atomic E-state index is 12.3. The molecule has 0 saturated carbocycles. The summed E-state index contributed by atoms with van der Waals surface area (Å²) in [7, 11) is -3.46. The molecule has 1 aliphatic heterocycles. The second-order valence-electron chi connectivity index (χ2n) is 6.98. The van der Waals surface area contributed by atoms with Gasteiger partial charge in [0.15, 0.2) is 0 Å². The lowest BCUT2D eigenvalue weighted by Crippen LogP contribution is -2.29. The molecule has 0 atom stereocenters. The molecule has 0 amide bonds. The van der Waals surface area contributed by atoms with Crippen LogP contribution in [0.5, 0.6) is 0 Å². The maximum Gasteiger partial charge on any atom is 0.216 e. The van der Waals surface area contributed by atoms with E-state index < -0.39 is 10.0 Å². The van der Waals surface area contributed by atoms with Gasteiger partial charge in [0.05, 0.1) is 15.8 Å². The monoisotopic (exact) mass is 426 g/mol. The maximum atomic E-state index is 12.3. The highest BCUT2D eigenvalue weighted by Gasteiger charge is 2.13. The molecule has 27 heavy (non-hydrogen) atoms. The number of piperidine rings is 1. The molecule has 0 unspecified atom stereocenters. The number of sulfonamides is 1. The van der Waals surface area contributed by atoms with E-state index in [0.29, 0.717) is 15.6 Å². The van der Waals surface area contributed by atoms with E-state index in [4.69, 9.17) is 23.2 Å². The van der Waals surface area contributed by atoms with Crippen LogP contribution < -0.4 is 4.72 Å². The van der Waals surface area contributed by atoms with Gasteiger partial charge in [-0.15, -0.1) is 0 Å². The molecule has 1 saturated heterocycles. The largest absolute Gasteiger partial charge is 0.299 e. The highest BCUT2D eigenvalue weighted by Crippen LogP contribution is 2.23. The van der Waals surface area contributed by atoms with E-state index in [1.54, 1.807) is 18.2 Å². The van der Waals surface area contributed by atoms with Crippen molar-refractivity contribution in [2.75, 3.05) is 13.1 Å². The van der Waals surface area contributed by atoms with Gasteiger partial charge in [0.1, 0.15) is 0 Å². The summed E-state index contributed by atoms with van der Waals surface area (Å²) in [5.74, 6) is -0.128. The van der Waals surface area contributed by atoms with Crippen LogP contribution in [-0.2, 0) is 28.9 Å². The molecular weight excluding hydrogens is 403 g/mol. The average molecular weight is 427 g/mol. The first-order chi connectivity index (χ1) is 12.9. The topological polar surface area (TPSA) is 49.4 Å². The first-order valence-electron chi connectivity index (χ1n) is 9.13. The van der Waals surface area contributed by atoms with Crippen molar-refractivity contribution in [2.24, 2.45) is 0 Å². The summed E-state index contributed by atoms with van der Waals surface area (Å²) in [5.41, 5.74) is 2.81. The Morgan fingerprint density at radius 2 is 1.48 bits per heavy atom. The summed E-state index contributed by atoms with van der Waals surface area (Å²) in [6, 6.07) is 13.0. The zero-order valence-electron chi connectivity index (χ0n) is 15.1. The standard InChI is InChI=1S/C20H24Cl2N2O2S/c21-19-9-8-18(12-20(19)22)15-27(25,26)23-13-16-4-6-17(7-5-16)14-24-10-2-1-3-11-24/h4-9,12,23H,1-3,10-11,13-15H2. The van der Waals surface area contributed by atoms with Crippen LogP contribution in [0.1, 0.15) is 36.0 Å². The predicted molar refractivity (Wildman–Crippen MR) is 111 cm³/mol. The van der Waals surface area contributed by atoms with Crippen molar-refractivity contribution in [3.63, 3.8) is 0 Å². The van der Waals surface area contributed by atoms with Crippen molar-refractivity contribution < 1.29 is 8.42 Å². The van der Waals surface area contributed by atoms with E-state index in [0.717, 1.165) is 25.2 Å². The molecule has 0 aliphatic carbocycles. The number of hydrogen-bond acceptors (Lipinski definition) is 3. The van der Waals surface area contributed by atoms with Gasteiger partial charge in [-0.05, 0) is 54.8 Å². The Labute approximate surface area is 171 Å². The van der Waals surface area contributed by atoms with Crippen LogP contribution in [0.15, 0.2) is 42.5 Å². The third-order valence-electron chi connectivity index (χ3n) is 4.71. The minimum atomic E-state index is -3.46. The Morgan fingerprint density at radius 3 is 2.15 bits per heavy atom. The van der Waals surface area contributed by atoms with E-state index in [-0.39, 0.29) is 12.3 Å². The number of likely N-dealkylation sites (tertiary alicyclic amines) is 1. The van der Waals surface area contributed by atoms with Crippen LogP contribution in [0.2, 0.25) is 10.0 Å². The van der Waals surface area contributed by atoms with Gasteiger partial charge in [0.2, 0.25) is 10.0 Å². The van der Waals surface area contributed by atoms with E-state index >= 15 is 0 Å². The average Bonchev–Trinajstić information content (AvgIpc) is 2.65. The summed E-state index contributed by atoms with van der Waals surface area (Å²) in [4.78, 5) is 2.47. The van der Waals surface area contributed by atoms with Crippen LogP contribution in [0.4, 0.5) is 0 Å². The first kappa shape index (κ1) is 20.6. The summed E-state index contributed by atoms with van der Waals surface area (Å²) in [5, 5.41) is 0.768. The minimum absolute atomic E-state index is 0.128. The molecule has 2 aromatic carbocycles. The number of benzene rings is 2. The predicted octanol–water partition coefficient (Wildman–Crippen LogP) is 4.60. The molecule has 1 aliphatic rings. The highest BCUT2D eigenvalue weighted by molar-refractivity contribution is 7.88. The Morgan fingerprint density at radius 1 is 0.852 bits per heavy atom. The Balaban J connectivity index is 1.53. The van der Waals surface area contributed by atoms with E-state index in [9.17, 15) is 8.42 Å². The fourth-order valence-corrected chi connectivity index (χ4v) is 4.66. The second-order valence-corrected chi connectivity index (χ2v) is 9.60. The molecule has 0 aromatic heterocycles. The van der Waals surface area contributed by atoms with Crippen LogP contribution in [0.3, 0.4) is 0 Å². The Bertz CT molecular complexity index is 864. The van der Waals surface area contributed by atoms with Gasteiger partial charge in [-0.25, -0.2) is 13.1 Å². The van der Waals surface area contributed by atoms with Crippen molar-refractivity contribution in [2.45, 2.75) is 38.1 Å². The Kier molecular flexibility index (Phi) is 7.17. The van der Waals surface area contributed by atoms with E-state index in [1.807, 2.05) is 12.1 Å². The second kappa shape index (κ2) is 9.39. The third-order valence-corrected chi connectivity index (χ3v) is 6.75. The zero-order valence-corrected chi connectivity index (χ0v) is 17.5. The van der Waals surface area contributed by atoms with Crippen molar-refractivity contribution >= 4 is 33.2 Å². The van der Waals surface area contributed by atoms with Gasteiger partial charge in [0, 0.05) is 13.1 Å². The number of nitrogens with zero attached hydrogens (tertiary/aromatic N) is 1. The number of hydrogen-bond donors (Lipinski definition) is 1. The number of nitrogens with one attached hydrogen (secondary N) is 1. The van der Waals surface area contributed by atoms with Gasteiger partial charge in [-0.1, -0.05) is 60.0 Å². The van der Waals surface area contributed by atoms with Gasteiger partial charge >= 0.3 is 0 Å². The molecule has 7 heteroatoms. The number of rotatable bonds is 7. The molecule has 0 radical (unpaired) electrons. The van der Waals surface area contributed by atoms with Crippen LogP contribution in [0.25, 0.3) is 0 Å². The molecule has 0 bridgehead atoms. The molecule has 0 spiro atoms. The van der Waals surface area contributed by atoms with Gasteiger partial charge in [0.25, 0.3) is 0 Å². The van der Waals surface area contributed by atoms with Crippen molar-refractivity contribution in [3.05, 3.63) is 69.2 Å². The van der Waals surface area contributed by atoms with Crippen molar-refractivity contribution in [3.8, 4) is 0 Å². The molecule has 146 valence electrons. The van der Waals surface area contributed by atoms with Gasteiger partial charge < -0.3 is 0 Å². The molecule has 1 heterocycles. The lowest BCUT2D eigenvalue weighted by Gasteiger charge is -2.26. The normalized spacial score (nSPS) is 15.8. The quantitative estimate of drug-likeness (QED) is 0.703. The van der Waals surface area contributed by atoms with E-state index in [1.165, 1.54) is 24.8 Å². The summed E-state index contributed by atoms with van der Waals surface area (Å²) in [6.45, 7) is 3.56. The zero-order chi connectivity index (χ0) is 19.3. The fourth-order valence-electron chi connectivity index (χ4n) is 3.23. The summed E-state index contributed by atoms with van der Waals surface area (Å²) in [6.07, 6.45) is 3.88. The minimum Gasteiger partial charge on any atom is -0.299 e. The SMILES string of the molecule is O=S(=O)(Cc1ccc(Cl)c(Cl)c1)NCc1ccc(CN2CCCCC2)cc1. The van der Waals surface area contributed by atoms with Gasteiger partial charge in [-0.3, -0.25) is 4.90 Å². The summed E-state index contributed by atoms with van der Waals surface area (Å²) >= 11 is 11.8. The molecular formula is C20H24Cl2N2O2S. The summed E-state index contributed by atoms with van der Waals surface area (Å²) < 4.78 is 27.3. The first-order valence-corrected chi connectivity index (χ1v) is 11.5. The lowest BCUT2D eigenvalue weighted by atomic mass is 10.1. The van der Waals surface area contributed by atoms with Crippen LogP contribution >= 0.6 is 23.2 Å². The highest BCUT2D eigenvalue weighted by atomic mass is 35.5. The van der Waals surface area contributed by atoms with E-state index in [2.05, 4.69) is 21.8 Å². The van der Waals surface area contributed by atoms with Crippen molar-refractivity contribution in [1.29, 1.82) is 0 Å².